The van der Waals surface area contributed by atoms with Gasteiger partial charge in [0, 0.05) is 5.56 Å². The van der Waals surface area contributed by atoms with E-state index >= 15 is 0 Å². The van der Waals surface area contributed by atoms with E-state index in [2.05, 4.69) is 13.8 Å². The van der Waals surface area contributed by atoms with Crippen LogP contribution in [0.4, 0.5) is 0 Å². The summed E-state index contributed by atoms with van der Waals surface area (Å²) in [7, 11) is 0. The van der Waals surface area contributed by atoms with E-state index in [-0.39, 0.29) is 5.78 Å². The summed E-state index contributed by atoms with van der Waals surface area (Å²) in [6.45, 7) is 5.04. The Hall–Kier alpha value is -1.93. The first-order valence-electron chi connectivity index (χ1n) is 9.02. The fourth-order valence-corrected chi connectivity index (χ4v) is 2.84. The van der Waals surface area contributed by atoms with Crippen molar-refractivity contribution in [2.24, 2.45) is 5.92 Å². The lowest BCUT2D eigenvalue weighted by atomic mass is 9.98. The number of hydrogen-bond acceptors (Lipinski definition) is 2. The van der Waals surface area contributed by atoms with Gasteiger partial charge in [-0.3, -0.25) is 4.79 Å². The molecule has 0 saturated carbocycles. The monoisotopic (exact) mass is 324 g/mol. The lowest BCUT2D eigenvalue weighted by Crippen LogP contribution is -2.20. The molecule has 0 spiro atoms. The Kier molecular flexibility index (Phi) is 7.70. The highest BCUT2D eigenvalue weighted by Gasteiger charge is 2.23. The molecule has 0 radical (unpaired) electrons. The van der Waals surface area contributed by atoms with Gasteiger partial charge < -0.3 is 4.74 Å². The minimum absolute atomic E-state index is 0.0344. The molecule has 0 heterocycles. The highest BCUT2D eigenvalue weighted by molar-refractivity contribution is 6.00. The summed E-state index contributed by atoms with van der Waals surface area (Å²) in [4.78, 5) is 12.9. The van der Waals surface area contributed by atoms with E-state index in [1.807, 2.05) is 60.7 Å². The Morgan fingerprint density at radius 2 is 1.58 bits per heavy atom. The number of benzene rings is 2. The molecule has 2 aromatic carbocycles. The van der Waals surface area contributed by atoms with Crippen molar-refractivity contribution < 1.29 is 9.53 Å². The number of carbonyl (C=O) groups excluding carboxylic acids is 1. The van der Waals surface area contributed by atoms with Gasteiger partial charge in [0.15, 0.2) is 5.78 Å². The van der Waals surface area contributed by atoms with Gasteiger partial charge >= 0.3 is 0 Å². The molecule has 0 fully saturated rings. The van der Waals surface area contributed by atoms with E-state index in [0.29, 0.717) is 18.1 Å². The first-order valence-corrected chi connectivity index (χ1v) is 9.02. The van der Waals surface area contributed by atoms with Crippen LogP contribution >= 0.6 is 0 Å². The molecular formula is C22H28O2. The van der Waals surface area contributed by atoms with Crippen LogP contribution in [0.15, 0.2) is 60.7 Å². The van der Waals surface area contributed by atoms with Gasteiger partial charge in [-0.1, -0.05) is 93.8 Å². The molecule has 2 nitrogen and oxygen atoms in total. The second kappa shape index (κ2) is 10.0. The van der Waals surface area contributed by atoms with Crippen LogP contribution in [0.1, 0.15) is 61.6 Å². The Morgan fingerprint density at radius 1 is 0.958 bits per heavy atom. The van der Waals surface area contributed by atoms with Gasteiger partial charge in [-0.25, -0.2) is 0 Å². The Balaban J connectivity index is 2.13. The third-order valence-corrected chi connectivity index (χ3v) is 4.44. The molecule has 0 aliphatic rings. The minimum Gasteiger partial charge on any atom is -0.365 e. The predicted octanol–water partition coefficient (Wildman–Crippen LogP) is 5.84. The summed E-state index contributed by atoms with van der Waals surface area (Å²) >= 11 is 0. The maximum Gasteiger partial charge on any atom is 0.196 e. The van der Waals surface area contributed by atoms with Crippen LogP contribution in [0.2, 0.25) is 0 Å². The first kappa shape index (κ1) is 18.4. The fraction of sp³-hybridized carbons (Fsp3) is 0.409. The Morgan fingerprint density at radius 3 is 2.17 bits per heavy atom. The molecule has 2 rings (SSSR count). The highest BCUT2D eigenvalue weighted by atomic mass is 16.5. The number of Topliss-reactive ketones (excluding diaryl/α,β-unsaturated/α-hetero) is 1. The number of hydrogen-bond donors (Lipinski definition) is 0. The van der Waals surface area contributed by atoms with Gasteiger partial charge in [0.1, 0.15) is 6.10 Å². The van der Waals surface area contributed by atoms with Crippen LogP contribution in [0.3, 0.4) is 0 Å². The summed E-state index contributed by atoms with van der Waals surface area (Å²) in [5.41, 5.74) is 1.63. The van der Waals surface area contributed by atoms with Crippen LogP contribution in [-0.4, -0.2) is 12.4 Å². The van der Waals surface area contributed by atoms with Gasteiger partial charge in [0.2, 0.25) is 0 Å². The summed E-state index contributed by atoms with van der Waals surface area (Å²) < 4.78 is 6.14. The van der Waals surface area contributed by atoms with Crippen molar-refractivity contribution in [3.63, 3.8) is 0 Å². The van der Waals surface area contributed by atoms with Gasteiger partial charge in [-0.2, -0.15) is 0 Å². The zero-order valence-corrected chi connectivity index (χ0v) is 14.8. The van der Waals surface area contributed by atoms with Crippen LogP contribution in [0.5, 0.6) is 0 Å². The molecule has 24 heavy (non-hydrogen) atoms. The second-order valence-electron chi connectivity index (χ2n) is 6.27. The number of unbranched alkanes of at least 4 members (excludes halogenated alkanes) is 1. The van der Waals surface area contributed by atoms with Gasteiger partial charge in [-0.05, 0) is 17.9 Å². The van der Waals surface area contributed by atoms with Crippen molar-refractivity contribution in [2.45, 2.75) is 45.6 Å². The predicted molar refractivity (Wildman–Crippen MR) is 99.2 cm³/mol. The number of carbonyl (C=O) groups is 1. The van der Waals surface area contributed by atoms with Crippen molar-refractivity contribution >= 4 is 5.78 Å². The lowest BCUT2D eigenvalue weighted by molar-refractivity contribution is 0.0242. The Labute approximate surface area is 145 Å². The van der Waals surface area contributed by atoms with Gasteiger partial charge in [-0.15, -0.1) is 0 Å². The Bertz CT molecular complexity index is 592. The SMILES string of the molecule is CCCC[C@@H](CC)CO[C@H](C(=O)c1ccccc1)c1ccccc1. The van der Waals surface area contributed by atoms with Crippen molar-refractivity contribution in [3.8, 4) is 0 Å². The van der Waals surface area contributed by atoms with E-state index < -0.39 is 6.10 Å². The van der Waals surface area contributed by atoms with E-state index in [1.165, 1.54) is 12.8 Å². The molecule has 0 aromatic heterocycles. The van der Waals surface area contributed by atoms with E-state index in [9.17, 15) is 4.79 Å². The van der Waals surface area contributed by atoms with E-state index in [0.717, 1.165) is 18.4 Å². The molecule has 0 N–H and O–H groups in total. The van der Waals surface area contributed by atoms with E-state index in [4.69, 9.17) is 4.74 Å². The fourth-order valence-electron chi connectivity index (χ4n) is 2.84. The molecule has 2 aromatic rings. The third-order valence-electron chi connectivity index (χ3n) is 4.44. The van der Waals surface area contributed by atoms with Gasteiger partial charge in [0.25, 0.3) is 0 Å². The van der Waals surface area contributed by atoms with Crippen LogP contribution < -0.4 is 0 Å². The van der Waals surface area contributed by atoms with Crippen molar-refractivity contribution in [2.75, 3.05) is 6.61 Å². The smallest absolute Gasteiger partial charge is 0.196 e. The molecular weight excluding hydrogens is 296 g/mol. The lowest BCUT2D eigenvalue weighted by Gasteiger charge is -2.21. The quantitative estimate of drug-likeness (QED) is 0.513. The van der Waals surface area contributed by atoms with Crippen LogP contribution in [-0.2, 0) is 4.74 Å². The minimum atomic E-state index is -0.524. The molecule has 0 aliphatic carbocycles. The van der Waals surface area contributed by atoms with Crippen molar-refractivity contribution in [3.05, 3.63) is 71.8 Å². The maximum atomic E-state index is 12.9. The molecule has 0 aliphatic heterocycles. The summed E-state index contributed by atoms with van der Waals surface area (Å²) in [5.74, 6) is 0.548. The van der Waals surface area contributed by atoms with Crippen LogP contribution in [0.25, 0.3) is 0 Å². The summed E-state index contributed by atoms with van der Waals surface area (Å²) in [6, 6.07) is 19.2. The van der Waals surface area contributed by atoms with Crippen molar-refractivity contribution in [1.29, 1.82) is 0 Å². The number of rotatable bonds is 10. The average Bonchev–Trinajstić information content (AvgIpc) is 2.65. The third kappa shape index (κ3) is 5.31. The standard InChI is InChI=1S/C22H28O2/c1-3-5-12-18(4-2)17-24-22(20-15-10-7-11-16-20)21(23)19-13-8-6-9-14-19/h6-11,13-16,18,22H,3-5,12,17H2,1-2H3/t18-,22+/m1/s1. The largest absolute Gasteiger partial charge is 0.365 e. The van der Waals surface area contributed by atoms with Gasteiger partial charge in [0.05, 0.1) is 6.61 Å². The number of ether oxygens (including phenoxy) is 1. The highest BCUT2D eigenvalue weighted by Crippen LogP contribution is 2.25. The molecule has 0 bridgehead atoms. The normalized spacial score (nSPS) is 13.4. The average molecular weight is 324 g/mol. The maximum absolute atomic E-state index is 12.9. The second-order valence-corrected chi connectivity index (χ2v) is 6.27. The summed E-state index contributed by atoms with van der Waals surface area (Å²) in [5, 5.41) is 0. The topological polar surface area (TPSA) is 26.3 Å². The first-order chi connectivity index (χ1) is 11.8. The zero-order valence-electron chi connectivity index (χ0n) is 14.8. The molecule has 0 amide bonds. The van der Waals surface area contributed by atoms with Crippen molar-refractivity contribution in [1.82, 2.24) is 0 Å². The van der Waals surface area contributed by atoms with E-state index in [1.54, 1.807) is 0 Å². The zero-order chi connectivity index (χ0) is 17.2. The molecule has 2 heteroatoms. The molecule has 128 valence electrons. The molecule has 2 atom stereocenters. The van der Waals surface area contributed by atoms with Crippen LogP contribution in [0, 0.1) is 5.92 Å². The number of ketones is 1. The molecule has 0 saturated heterocycles. The summed E-state index contributed by atoms with van der Waals surface area (Å²) in [6.07, 6.45) is 4.13. The molecule has 0 unspecified atom stereocenters.